The Labute approximate surface area is 150 Å². The molecule has 0 atom stereocenters. The predicted molar refractivity (Wildman–Crippen MR) is 91.9 cm³/mol. The minimum absolute atomic E-state index is 0.0508. The molecule has 138 valence electrons. The van der Waals surface area contributed by atoms with Crippen LogP contribution in [0.3, 0.4) is 0 Å². The van der Waals surface area contributed by atoms with Gasteiger partial charge in [-0.25, -0.2) is 14.6 Å². The van der Waals surface area contributed by atoms with Crippen LogP contribution in [0.1, 0.15) is 54.0 Å². The largest absolute Gasteiger partial charge is 0.481 e. The van der Waals surface area contributed by atoms with Gasteiger partial charge in [0.15, 0.2) is 5.69 Å². The van der Waals surface area contributed by atoms with E-state index in [-0.39, 0.29) is 18.4 Å². The minimum atomic E-state index is -0.860. The predicted octanol–water partition coefficient (Wildman–Crippen LogP) is 2.07. The standard InChI is InChI=1S/C16H23N3O5S/c1-2-24-15(22)12-10-25-14(18-12)11-5-8-19(9-6-11)16(23)17-7-3-4-13(20)21/h10-11H,2-9H2,1H3,(H,17,23)(H,20,21). The number of piperidine rings is 1. The number of rotatable bonds is 7. The van der Waals surface area contributed by atoms with Crippen LogP contribution in [-0.2, 0) is 9.53 Å². The number of nitrogens with zero attached hydrogens (tertiary/aromatic N) is 2. The highest BCUT2D eigenvalue weighted by atomic mass is 32.1. The van der Waals surface area contributed by atoms with Crippen molar-refractivity contribution in [1.82, 2.24) is 15.2 Å². The Morgan fingerprint density at radius 2 is 2.12 bits per heavy atom. The molecule has 1 saturated heterocycles. The second-order valence-electron chi connectivity index (χ2n) is 5.78. The Kier molecular flexibility index (Phi) is 7.17. The summed E-state index contributed by atoms with van der Waals surface area (Å²) in [5, 5.41) is 13.9. The smallest absolute Gasteiger partial charge is 0.357 e. The summed E-state index contributed by atoms with van der Waals surface area (Å²) in [6, 6.07) is -0.157. The second kappa shape index (κ2) is 9.36. The molecule has 2 N–H and O–H groups in total. The maximum atomic E-state index is 12.0. The van der Waals surface area contributed by atoms with E-state index in [2.05, 4.69) is 10.3 Å². The summed E-state index contributed by atoms with van der Waals surface area (Å²) >= 11 is 1.45. The van der Waals surface area contributed by atoms with Crippen LogP contribution in [0, 0.1) is 0 Å². The van der Waals surface area contributed by atoms with E-state index in [0.29, 0.717) is 38.4 Å². The normalized spacial score (nSPS) is 15.0. The summed E-state index contributed by atoms with van der Waals surface area (Å²) in [5.41, 5.74) is 0.348. The van der Waals surface area contributed by atoms with Crippen LogP contribution in [0.15, 0.2) is 5.38 Å². The van der Waals surface area contributed by atoms with Gasteiger partial charge in [0.2, 0.25) is 0 Å². The zero-order valence-corrected chi connectivity index (χ0v) is 15.0. The van der Waals surface area contributed by atoms with E-state index >= 15 is 0 Å². The molecule has 0 aromatic carbocycles. The number of likely N-dealkylation sites (tertiary alicyclic amines) is 1. The average Bonchev–Trinajstić information content (AvgIpc) is 3.09. The number of amides is 2. The van der Waals surface area contributed by atoms with Gasteiger partial charge in [-0.1, -0.05) is 0 Å². The monoisotopic (exact) mass is 369 g/mol. The summed E-state index contributed by atoms with van der Waals surface area (Å²) in [6.07, 6.45) is 2.05. The second-order valence-corrected chi connectivity index (χ2v) is 6.67. The molecule has 1 aromatic rings. The highest BCUT2D eigenvalue weighted by Crippen LogP contribution is 2.30. The highest BCUT2D eigenvalue weighted by molar-refractivity contribution is 7.09. The molecule has 0 aliphatic carbocycles. The Balaban J connectivity index is 1.76. The zero-order chi connectivity index (χ0) is 18.2. The number of carboxylic acids is 1. The van der Waals surface area contributed by atoms with E-state index in [1.54, 1.807) is 17.2 Å². The maximum Gasteiger partial charge on any atom is 0.357 e. The molecule has 0 unspecified atom stereocenters. The van der Waals surface area contributed by atoms with Gasteiger partial charge in [0, 0.05) is 37.4 Å². The van der Waals surface area contributed by atoms with Gasteiger partial charge in [0.1, 0.15) is 0 Å². The fourth-order valence-corrected chi connectivity index (χ4v) is 3.61. The van der Waals surface area contributed by atoms with Crippen LogP contribution in [0.2, 0.25) is 0 Å². The first-order valence-corrected chi connectivity index (χ1v) is 9.26. The number of hydrogen-bond acceptors (Lipinski definition) is 6. The first-order valence-electron chi connectivity index (χ1n) is 8.38. The molecule has 2 amide bonds. The van der Waals surface area contributed by atoms with E-state index < -0.39 is 11.9 Å². The SMILES string of the molecule is CCOC(=O)c1csc(C2CCN(C(=O)NCCCC(=O)O)CC2)n1. The van der Waals surface area contributed by atoms with E-state index in [4.69, 9.17) is 9.84 Å². The molecular formula is C16H23N3O5S. The highest BCUT2D eigenvalue weighted by Gasteiger charge is 2.26. The Morgan fingerprint density at radius 1 is 1.40 bits per heavy atom. The van der Waals surface area contributed by atoms with Gasteiger partial charge in [-0.15, -0.1) is 11.3 Å². The first-order chi connectivity index (χ1) is 12.0. The number of thiazole rings is 1. The topological polar surface area (TPSA) is 109 Å². The van der Waals surface area contributed by atoms with Crippen molar-refractivity contribution < 1.29 is 24.2 Å². The van der Waals surface area contributed by atoms with Crippen LogP contribution in [0.25, 0.3) is 0 Å². The molecule has 0 bridgehead atoms. The Bertz CT molecular complexity index is 611. The van der Waals surface area contributed by atoms with Crippen LogP contribution in [0.4, 0.5) is 4.79 Å². The Morgan fingerprint density at radius 3 is 2.76 bits per heavy atom. The molecule has 0 spiro atoms. The molecule has 1 fully saturated rings. The average molecular weight is 369 g/mol. The molecule has 0 saturated carbocycles. The molecule has 8 nitrogen and oxygen atoms in total. The van der Waals surface area contributed by atoms with E-state index in [9.17, 15) is 14.4 Å². The lowest BCUT2D eigenvalue weighted by molar-refractivity contribution is -0.137. The van der Waals surface area contributed by atoms with Gasteiger partial charge in [-0.3, -0.25) is 4.79 Å². The molecule has 1 aliphatic rings. The number of ether oxygens (including phenoxy) is 1. The van der Waals surface area contributed by atoms with Crippen LogP contribution in [-0.4, -0.2) is 59.2 Å². The van der Waals surface area contributed by atoms with E-state index in [0.717, 1.165) is 17.8 Å². The number of carbonyl (C=O) groups is 3. The molecule has 25 heavy (non-hydrogen) atoms. The lowest BCUT2D eigenvalue weighted by Gasteiger charge is -2.31. The van der Waals surface area contributed by atoms with Gasteiger partial charge in [-0.05, 0) is 26.2 Å². The van der Waals surface area contributed by atoms with Crippen molar-refractivity contribution in [1.29, 1.82) is 0 Å². The quantitative estimate of drug-likeness (QED) is 0.563. The van der Waals surface area contributed by atoms with Gasteiger partial charge < -0.3 is 20.1 Å². The van der Waals surface area contributed by atoms with Gasteiger partial charge in [0.25, 0.3) is 0 Å². The summed E-state index contributed by atoms with van der Waals surface area (Å²) in [7, 11) is 0. The molecule has 1 aliphatic heterocycles. The number of carboxylic acid groups (broad SMARTS) is 1. The van der Waals surface area contributed by atoms with Gasteiger partial charge in [0.05, 0.1) is 11.6 Å². The lowest BCUT2D eigenvalue weighted by atomic mass is 9.98. The number of urea groups is 1. The fraction of sp³-hybridized carbons (Fsp3) is 0.625. The van der Waals surface area contributed by atoms with Gasteiger partial charge in [-0.2, -0.15) is 0 Å². The van der Waals surface area contributed by atoms with Gasteiger partial charge >= 0.3 is 18.0 Å². The number of esters is 1. The number of nitrogens with one attached hydrogen (secondary N) is 1. The summed E-state index contributed by atoms with van der Waals surface area (Å²) in [5.74, 6) is -1.02. The summed E-state index contributed by atoms with van der Waals surface area (Å²) in [6.45, 7) is 3.67. The van der Waals surface area contributed by atoms with Crippen LogP contribution >= 0.6 is 11.3 Å². The number of aliphatic carboxylic acids is 1. The summed E-state index contributed by atoms with van der Waals surface area (Å²) < 4.78 is 4.95. The molecule has 2 rings (SSSR count). The Hall–Kier alpha value is -2.16. The van der Waals surface area contributed by atoms with Crippen molar-refractivity contribution in [3.05, 3.63) is 16.1 Å². The van der Waals surface area contributed by atoms with Crippen molar-refractivity contribution in [2.75, 3.05) is 26.2 Å². The molecule has 2 heterocycles. The molecule has 1 aromatic heterocycles. The third kappa shape index (κ3) is 5.70. The summed E-state index contributed by atoms with van der Waals surface area (Å²) in [4.78, 5) is 40.3. The maximum absolute atomic E-state index is 12.0. The van der Waals surface area contributed by atoms with Crippen molar-refractivity contribution in [2.45, 2.75) is 38.5 Å². The minimum Gasteiger partial charge on any atom is -0.481 e. The number of aromatic nitrogens is 1. The van der Waals surface area contributed by atoms with Crippen molar-refractivity contribution in [3.8, 4) is 0 Å². The molecule has 9 heteroatoms. The number of hydrogen-bond donors (Lipinski definition) is 2. The van der Waals surface area contributed by atoms with E-state index in [1.807, 2.05) is 0 Å². The van der Waals surface area contributed by atoms with E-state index in [1.165, 1.54) is 11.3 Å². The van der Waals surface area contributed by atoms with Crippen LogP contribution < -0.4 is 5.32 Å². The van der Waals surface area contributed by atoms with Crippen molar-refractivity contribution in [3.63, 3.8) is 0 Å². The molecular weight excluding hydrogens is 346 g/mol. The lowest BCUT2D eigenvalue weighted by Crippen LogP contribution is -2.44. The molecule has 0 radical (unpaired) electrons. The zero-order valence-electron chi connectivity index (χ0n) is 14.2. The third-order valence-corrected chi connectivity index (χ3v) is 4.99. The van der Waals surface area contributed by atoms with Crippen molar-refractivity contribution >= 4 is 29.3 Å². The van der Waals surface area contributed by atoms with Crippen molar-refractivity contribution in [2.24, 2.45) is 0 Å². The first kappa shape index (κ1) is 19.2. The third-order valence-electron chi connectivity index (χ3n) is 3.98. The fourth-order valence-electron chi connectivity index (χ4n) is 2.65. The van der Waals surface area contributed by atoms with Crippen LogP contribution in [0.5, 0.6) is 0 Å². The number of carbonyl (C=O) groups excluding carboxylic acids is 2.